The quantitative estimate of drug-likeness (QED) is 0.469. The van der Waals surface area contributed by atoms with Crippen molar-refractivity contribution in [3.63, 3.8) is 0 Å². The van der Waals surface area contributed by atoms with E-state index < -0.39 is 0 Å². The standard InChI is InChI=1S/C15H19N3O2/c1-11-7-12(2)9-14(8-11)15(19)18(4)10-13(3)17-20-6-5-16/h7-9H,6,10H2,1-4H3/b17-13+. The number of carbonyl (C=O) groups is 1. The van der Waals surface area contributed by atoms with Gasteiger partial charge < -0.3 is 9.74 Å². The van der Waals surface area contributed by atoms with Gasteiger partial charge in [-0.05, 0) is 32.9 Å². The topological polar surface area (TPSA) is 65.7 Å². The second-order valence-corrected chi connectivity index (χ2v) is 4.80. The van der Waals surface area contributed by atoms with Gasteiger partial charge in [0.05, 0.1) is 12.3 Å². The maximum atomic E-state index is 12.3. The lowest BCUT2D eigenvalue weighted by atomic mass is 10.1. The summed E-state index contributed by atoms with van der Waals surface area (Å²) >= 11 is 0. The Balaban J connectivity index is 2.72. The number of benzene rings is 1. The van der Waals surface area contributed by atoms with Crippen LogP contribution in [0.1, 0.15) is 28.4 Å². The maximum Gasteiger partial charge on any atom is 0.253 e. The second kappa shape index (κ2) is 7.29. The van der Waals surface area contributed by atoms with Gasteiger partial charge in [0.1, 0.15) is 6.07 Å². The summed E-state index contributed by atoms with van der Waals surface area (Å²) in [6, 6.07) is 7.59. The fourth-order valence-corrected chi connectivity index (χ4v) is 1.93. The van der Waals surface area contributed by atoms with Gasteiger partial charge in [-0.2, -0.15) is 5.26 Å². The first-order valence-electron chi connectivity index (χ1n) is 6.30. The van der Waals surface area contributed by atoms with E-state index in [2.05, 4.69) is 5.16 Å². The molecule has 1 amide bonds. The fraction of sp³-hybridized carbons (Fsp3) is 0.400. The molecule has 0 heterocycles. The van der Waals surface area contributed by atoms with Crippen LogP contribution in [-0.2, 0) is 4.84 Å². The fourth-order valence-electron chi connectivity index (χ4n) is 1.93. The number of carbonyl (C=O) groups excluding carboxylic acids is 1. The van der Waals surface area contributed by atoms with E-state index >= 15 is 0 Å². The average molecular weight is 273 g/mol. The molecule has 0 saturated carbocycles. The van der Waals surface area contributed by atoms with Crippen molar-refractivity contribution in [2.45, 2.75) is 20.8 Å². The molecule has 0 fully saturated rings. The third kappa shape index (κ3) is 4.73. The van der Waals surface area contributed by atoms with Crippen LogP contribution in [-0.4, -0.2) is 36.7 Å². The number of hydrogen-bond acceptors (Lipinski definition) is 4. The molecule has 5 nitrogen and oxygen atoms in total. The molecule has 0 aromatic heterocycles. The minimum absolute atomic E-state index is 0.0633. The first-order chi connectivity index (χ1) is 9.43. The SMILES string of the molecule is C/C(CN(C)C(=O)c1cc(C)cc(C)c1)=N\OCC#N. The van der Waals surface area contributed by atoms with Gasteiger partial charge in [-0.3, -0.25) is 4.79 Å². The third-order valence-electron chi connectivity index (χ3n) is 2.63. The van der Waals surface area contributed by atoms with Gasteiger partial charge in [-0.1, -0.05) is 22.3 Å². The zero-order valence-electron chi connectivity index (χ0n) is 12.3. The van der Waals surface area contributed by atoms with Gasteiger partial charge >= 0.3 is 0 Å². The summed E-state index contributed by atoms with van der Waals surface area (Å²) in [6.45, 7) is 5.95. The van der Waals surface area contributed by atoms with Crippen molar-refractivity contribution in [2.24, 2.45) is 5.16 Å². The van der Waals surface area contributed by atoms with Gasteiger partial charge in [0.25, 0.3) is 5.91 Å². The molecule has 0 N–H and O–H groups in total. The lowest BCUT2D eigenvalue weighted by Gasteiger charge is -2.17. The Morgan fingerprint density at radius 2 is 1.95 bits per heavy atom. The second-order valence-electron chi connectivity index (χ2n) is 4.80. The molecule has 1 aromatic rings. The summed E-state index contributed by atoms with van der Waals surface area (Å²) in [6.07, 6.45) is 0. The highest BCUT2D eigenvalue weighted by molar-refractivity contribution is 5.97. The van der Waals surface area contributed by atoms with Crippen LogP contribution in [0.2, 0.25) is 0 Å². The Labute approximate surface area is 119 Å². The molecule has 0 bridgehead atoms. The zero-order chi connectivity index (χ0) is 15.1. The molecule has 0 aliphatic carbocycles. The molecule has 0 radical (unpaired) electrons. The molecule has 20 heavy (non-hydrogen) atoms. The van der Waals surface area contributed by atoms with Crippen molar-refractivity contribution < 1.29 is 9.63 Å². The minimum Gasteiger partial charge on any atom is -0.380 e. The predicted octanol–water partition coefficient (Wildman–Crippen LogP) is 2.29. The normalized spacial score (nSPS) is 10.8. The first kappa shape index (κ1) is 15.7. The summed E-state index contributed by atoms with van der Waals surface area (Å²) in [4.78, 5) is 18.6. The molecule has 0 aliphatic heterocycles. The number of oxime groups is 1. The monoisotopic (exact) mass is 273 g/mol. The predicted molar refractivity (Wildman–Crippen MR) is 77.6 cm³/mol. The van der Waals surface area contributed by atoms with Gasteiger partial charge in [-0.15, -0.1) is 0 Å². The average Bonchev–Trinajstić information content (AvgIpc) is 2.36. The third-order valence-corrected chi connectivity index (χ3v) is 2.63. The van der Waals surface area contributed by atoms with Crippen LogP contribution in [0.5, 0.6) is 0 Å². The first-order valence-corrected chi connectivity index (χ1v) is 6.30. The van der Waals surface area contributed by atoms with Crippen molar-refractivity contribution in [3.05, 3.63) is 34.9 Å². The van der Waals surface area contributed by atoms with Crippen LogP contribution < -0.4 is 0 Å². The highest BCUT2D eigenvalue weighted by Crippen LogP contribution is 2.11. The molecule has 0 unspecified atom stereocenters. The molecular formula is C15H19N3O2. The summed E-state index contributed by atoms with van der Waals surface area (Å²) in [5.74, 6) is -0.0633. The molecule has 0 atom stereocenters. The number of amides is 1. The minimum atomic E-state index is -0.0912. The van der Waals surface area contributed by atoms with E-state index in [4.69, 9.17) is 10.1 Å². The van der Waals surface area contributed by atoms with E-state index in [9.17, 15) is 4.79 Å². The molecule has 0 aliphatic rings. The van der Waals surface area contributed by atoms with Crippen molar-refractivity contribution in [1.29, 1.82) is 5.26 Å². The van der Waals surface area contributed by atoms with E-state index in [0.29, 0.717) is 17.8 Å². The Kier molecular flexibility index (Phi) is 5.73. The van der Waals surface area contributed by atoms with Crippen molar-refractivity contribution in [2.75, 3.05) is 20.2 Å². The smallest absolute Gasteiger partial charge is 0.253 e. The molecule has 1 rings (SSSR count). The van der Waals surface area contributed by atoms with E-state index in [-0.39, 0.29) is 12.5 Å². The molecule has 106 valence electrons. The Hall–Kier alpha value is -2.35. The largest absolute Gasteiger partial charge is 0.380 e. The van der Waals surface area contributed by atoms with Crippen LogP contribution in [0.25, 0.3) is 0 Å². The van der Waals surface area contributed by atoms with Gasteiger partial charge in [0.2, 0.25) is 6.61 Å². The molecule has 5 heteroatoms. The highest BCUT2D eigenvalue weighted by Gasteiger charge is 2.13. The Bertz CT molecular complexity index is 538. The van der Waals surface area contributed by atoms with E-state index in [1.807, 2.05) is 38.1 Å². The maximum absolute atomic E-state index is 12.3. The van der Waals surface area contributed by atoms with Crippen LogP contribution in [0.4, 0.5) is 0 Å². The number of aryl methyl sites for hydroxylation is 2. The summed E-state index contributed by atoms with van der Waals surface area (Å²) in [5, 5.41) is 12.1. The van der Waals surface area contributed by atoms with Gasteiger partial charge in [-0.25, -0.2) is 0 Å². The van der Waals surface area contributed by atoms with Crippen LogP contribution >= 0.6 is 0 Å². The van der Waals surface area contributed by atoms with Crippen molar-refractivity contribution in [1.82, 2.24) is 4.90 Å². The van der Waals surface area contributed by atoms with Gasteiger partial charge in [0, 0.05) is 12.6 Å². The molecule has 1 aromatic carbocycles. The van der Waals surface area contributed by atoms with E-state index in [0.717, 1.165) is 11.1 Å². The lowest BCUT2D eigenvalue weighted by Crippen LogP contribution is -2.31. The van der Waals surface area contributed by atoms with Gasteiger partial charge in [0.15, 0.2) is 0 Å². The summed E-state index contributed by atoms with van der Waals surface area (Å²) in [7, 11) is 1.71. The van der Waals surface area contributed by atoms with E-state index in [1.165, 1.54) is 0 Å². The number of hydrogen-bond donors (Lipinski definition) is 0. The van der Waals surface area contributed by atoms with E-state index in [1.54, 1.807) is 18.9 Å². The van der Waals surface area contributed by atoms with Crippen LogP contribution in [0, 0.1) is 25.2 Å². The van der Waals surface area contributed by atoms with Crippen LogP contribution in [0.3, 0.4) is 0 Å². The lowest BCUT2D eigenvalue weighted by molar-refractivity contribution is 0.0812. The highest BCUT2D eigenvalue weighted by atomic mass is 16.6. The number of nitrogens with zero attached hydrogens (tertiary/aromatic N) is 3. The zero-order valence-corrected chi connectivity index (χ0v) is 12.3. The number of nitriles is 1. The summed E-state index contributed by atoms with van der Waals surface area (Å²) in [5.41, 5.74) is 3.42. The Morgan fingerprint density at radius 1 is 1.35 bits per heavy atom. The summed E-state index contributed by atoms with van der Waals surface area (Å²) < 4.78 is 0. The van der Waals surface area contributed by atoms with Crippen molar-refractivity contribution >= 4 is 11.6 Å². The Morgan fingerprint density at radius 3 is 2.50 bits per heavy atom. The number of rotatable bonds is 5. The molecule has 0 spiro atoms. The molecular weight excluding hydrogens is 254 g/mol. The van der Waals surface area contributed by atoms with Crippen molar-refractivity contribution in [3.8, 4) is 6.07 Å². The molecule has 0 saturated heterocycles. The van der Waals surface area contributed by atoms with Crippen LogP contribution in [0.15, 0.2) is 23.4 Å².